The predicted octanol–water partition coefficient (Wildman–Crippen LogP) is 4.07. The number of hydrogen-bond acceptors (Lipinski definition) is 5. The molecule has 30 heavy (non-hydrogen) atoms. The molecule has 3 aromatic rings. The molecule has 1 amide bonds. The molecule has 0 N–H and O–H groups in total. The van der Waals surface area contributed by atoms with Gasteiger partial charge in [-0.05, 0) is 61.4 Å². The number of halogens is 1. The fourth-order valence-corrected chi connectivity index (χ4v) is 4.76. The van der Waals surface area contributed by atoms with E-state index in [1.54, 1.807) is 18.4 Å². The first-order chi connectivity index (χ1) is 14.4. The Kier molecular flexibility index (Phi) is 4.06. The second kappa shape index (κ2) is 6.55. The highest BCUT2D eigenvalue weighted by atomic mass is 19.1. The number of aromatic nitrogens is 2. The van der Waals surface area contributed by atoms with Crippen LogP contribution in [0.1, 0.15) is 39.8 Å². The zero-order valence-electron chi connectivity index (χ0n) is 16.5. The number of benzene rings is 1. The molecule has 2 aliphatic rings. The Morgan fingerprint density at radius 1 is 1.23 bits per heavy atom. The number of nitroso groups, excluding NO2 is 1. The molecule has 0 radical (unpaired) electrons. The van der Waals surface area contributed by atoms with Gasteiger partial charge < -0.3 is 9.30 Å². The third kappa shape index (κ3) is 2.52. The van der Waals surface area contributed by atoms with Gasteiger partial charge in [0.05, 0.1) is 34.2 Å². The van der Waals surface area contributed by atoms with E-state index < -0.39 is 6.09 Å². The molecule has 1 aliphatic heterocycles. The van der Waals surface area contributed by atoms with Gasteiger partial charge in [-0.3, -0.25) is 4.79 Å². The van der Waals surface area contributed by atoms with Crippen molar-refractivity contribution >= 4 is 17.0 Å². The molecular formula is C22H18FN3O4. The van der Waals surface area contributed by atoms with Crippen molar-refractivity contribution in [2.45, 2.75) is 46.3 Å². The number of fused-ring (bicyclic) bond motifs is 4. The summed E-state index contributed by atoms with van der Waals surface area (Å²) in [4.78, 5) is 39.2. The molecule has 0 bridgehead atoms. The monoisotopic (exact) mass is 407 g/mol. The van der Waals surface area contributed by atoms with E-state index in [1.807, 2.05) is 6.07 Å². The number of ether oxygens (including phenoxy) is 1. The van der Waals surface area contributed by atoms with Crippen LogP contribution in [0.4, 0.5) is 9.18 Å². The first-order valence-electron chi connectivity index (χ1n) is 9.78. The zero-order valence-corrected chi connectivity index (χ0v) is 16.5. The highest BCUT2D eigenvalue weighted by Crippen LogP contribution is 2.41. The van der Waals surface area contributed by atoms with E-state index in [0.29, 0.717) is 40.1 Å². The molecule has 5 rings (SSSR count). The van der Waals surface area contributed by atoms with E-state index in [4.69, 9.17) is 9.72 Å². The van der Waals surface area contributed by atoms with Crippen LogP contribution in [0.15, 0.2) is 22.1 Å². The smallest absolute Gasteiger partial charge is 0.441 e. The molecule has 0 saturated heterocycles. The minimum Gasteiger partial charge on any atom is -0.441 e. The van der Waals surface area contributed by atoms with Crippen molar-refractivity contribution in [3.63, 3.8) is 0 Å². The van der Waals surface area contributed by atoms with E-state index in [2.05, 4.69) is 5.18 Å². The Hall–Kier alpha value is -3.42. The highest BCUT2D eigenvalue weighted by Gasteiger charge is 2.30. The van der Waals surface area contributed by atoms with Gasteiger partial charge in [0.25, 0.3) is 5.56 Å². The Bertz CT molecular complexity index is 1340. The summed E-state index contributed by atoms with van der Waals surface area (Å²) in [6.45, 7) is 3.59. The van der Waals surface area contributed by atoms with Crippen LogP contribution < -0.4 is 5.56 Å². The maximum atomic E-state index is 14.5. The van der Waals surface area contributed by atoms with Crippen molar-refractivity contribution in [2.24, 2.45) is 5.18 Å². The molecule has 0 atom stereocenters. The molecule has 3 heterocycles. The van der Waals surface area contributed by atoms with Gasteiger partial charge >= 0.3 is 6.09 Å². The van der Waals surface area contributed by atoms with Gasteiger partial charge in [-0.15, -0.1) is 4.91 Å². The van der Waals surface area contributed by atoms with E-state index in [9.17, 15) is 18.9 Å². The van der Waals surface area contributed by atoms with E-state index in [0.717, 1.165) is 41.3 Å². The molecule has 0 spiro atoms. The largest absolute Gasteiger partial charge is 0.470 e. The Morgan fingerprint density at radius 2 is 2.00 bits per heavy atom. The number of aryl methyl sites for hydroxylation is 3. The summed E-state index contributed by atoms with van der Waals surface area (Å²) in [6, 6.07) is 3.31. The molecule has 152 valence electrons. The average Bonchev–Trinajstić information content (AvgIpc) is 3.10. The summed E-state index contributed by atoms with van der Waals surface area (Å²) in [7, 11) is 0. The van der Waals surface area contributed by atoms with Crippen molar-refractivity contribution in [2.75, 3.05) is 0 Å². The van der Waals surface area contributed by atoms with Crippen LogP contribution in [0.5, 0.6) is 0 Å². The van der Waals surface area contributed by atoms with Crippen molar-refractivity contribution in [3.05, 3.63) is 66.6 Å². The summed E-state index contributed by atoms with van der Waals surface area (Å²) in [6.07, 6.45) is 1.34. The lowest BCUT2D eigenvalue weighted by molar-refractivity contribution is 0.149. The van der Waals surface area contributed by atoms with Gasteiger partial charge in [0, 0.05) is 17.0 Å². The van der Waals surface area contributed by atoms with Crippen LogP contribution in [-0.2, 0) is 30.7 Å². The number of hydrogen-bond donors (Lipinski definition) is 0. The van der Waals surface area contributed by atoms with Gasteiger partial charge in [-0.1, -0.05) is 0 Å². The van der Waals surface area contributed by atoms with Gasteiger partial charge in [-0.25, -0.2) is 14.2 Å². The van der Waals surface area contributed by atoms with Crippen molar-refractivity contribution < 1.29 is 13.9 Å². The third-order valence-corrected chi connectivity index (χ3v) is 6.27. The number of carbonyl (C=O) groups excluding carboxylic acids is 1. The lowest BCUT2D eigenvalue weighted by atomic mass is 9.85. The second-order valence-electron chi connectivity index (χ2n) is 7.86. The molecule has 2 aromatic heterocycles. The van der Waals surface area contributed by atoms with Gasteiger partial charge in [-0.2, -0.15) is 0 Å². The van der Waals surface area contributed by atoms with Crippen LogP contribution in [0.2, 0.25) is 0 Å². The normalized spacial score (nSPS) is 13.8. The van der Waals surface area contributed by atoms with Gasteiger partial charge in [0.15, 0.2) is 0 Å². The maximum Gasteiger partial charge on any atom is 0.470 e. The van der Waals surface area contributed by atoms with E-state index >= 15 is 0 Å². The lowest BCUT2D eigenvalue weighted by Gasteiger charge is -2.21. The maximum absolute atomic E-state index is 14.5. The van der Waals surface area contributed by atoms with Gasteiger partial charge in [0.2, 0.25) is 0 Å². The van der Waals surface area contributed by atoms with Crippen LogP contribution in [0.25, 0.3) is 22.3 Å². The molecule has 1 aliphatic carbocycles. The molecule has 0 unspecified atom stereocenters. The molecule has 0 fully saturated rings. The SMILES string of the molecule is Cc1cc2n(c(=O)c1COC(=O)N=O)Cc1c-2nc2cc(F)c(C)c3c2c1CCC3. The van der Waals surface area contributed by atoms with Crippen LogP contribution in [-0.4, -0.2) is 15.6 Å². The molecule has 0 saturated carbocycles. The molecule has 7 nitrogen and oxygen atoms in total. The summed E-state index contributed by atoms with van der Waals surface area (Å²) in [5, 5.41) is 3.21. The Labute approximate surface area is 170 Å². The number of pyridine rings is 2. The number of amides is 1. The minimum absolute atomic E-state index is 0.259. The number of carbonyl (C=O) groups is 1. The number of nitrogens with zero attached hydrogens (tertiary/aromatic N) is 3. The summed E-state index contributed by atoms with van der Waals surface area (Å²) >= 11 is 0. The van der Waals surface area contributed by atoms with Gasteiger partial charge in [0.1, 0.15) is 12.4 Å². The van der Waals surface area contributed by atoms with Crippen molar-refractivity contribution in [1.29, 1.82) is 0 Å². The molecule has 8 heteroatoms. The first kappa shape index (κ1) is 18.6. The summed E-state index contributed by atoms with van der Waals surface area (Å²) in [5.41, 5.74) is 6.43. The topological polar surface area (TPSA) is 90.6 Å². The fraction of sp³-hybridized carbons (Fsp3) is 0.318. The quantitative estimate of drug-likeness (QED) is 0.467. The molecule has 1 aromatic carbocycles. The standard InChI is InChI=1S/C22H18FN3O4/c1-10-6-18-20-14(8-26(18)21(27)15(10)9-30-22(28)25-29)13-5-3-4-12-11(2)16(23)7-17(24-20)19(12)13/h6-7H,3-5,8-9H2,1-2H3. The van der Waals surface area contributed by atoms with Crippen LogP contribution >= 0.6 is 0 Å². The van der Waals surface area contributed by atoms with Crippen molar-refractivity contribution in [3.8, 4) is 11.4 Å². The lowest BCUT2D eigenvalue weighted by Crippen LogP contribution is -2.25. The summed E-state index contributed by atoms with van der Waals surface area (Å²) < 4.78 is 20.8. The van der Waals surface area contributed by atoms with E-state index in [1.165, 1.54) is 6.07 Å². The molecular weight excluding hydrogens is 389 g/mol. The average molecular weight is 407 g/mol. The second-order valence-corrected chi connectivity index (χ2v) is 7.86. The van der Waals surface area contributed by atoms with Crippen molar-refractivity contribution in [1.82, 2.24) is 9.55 Å². The Morgan fingerprint density at radius 3 is 2.77 bits per heavy atom. The number of rotatable bonds is 2. The van der Waals surface area contributed by atoms with Crippen LogP contribution in [0, 0.1) is 24.6 Å². The van der Waals surface area contributed by atoms with Crippen LogP contribution in [0.3, 0.4) is 0 Å². The first-order valence-corrected chi connectivity index (χ1v) is 9.78. The zero-order chi connectivity index (χ0) is 21.2. The minimum atomic E-state index is -1.26. The third-order valence-electron chi connectivity index (χ3n) is 6.27. The predicted molar refractivity (Wildman–Crippen MR) is 108 cm³/mol. The highest BCUT2D eigenvalue weighted by molar-refractivity contribution is 5.92. The Balaban J connectivity index is 1.71. The van der Waals surface area contributed by atoms with E-state index in [-0.39, 0.29) is 18.0 Å². The fourth-order valence-electron chi connectivity index (χ4n) is 4.76. The summed E-state index contributed by atoms with van der Waals surface area (Å²) in [5.74, 6) is -0.259.